The molecule has 8 heteroatoms. The van der Waals surface area contributed by atoms with Gasteiger partial charge in [-0.2, -0.15) is 0 Å². The Kier molecular flexibility index (Phi) is 3.59. The molecule has 1 unspecified atom stereocenters. The quantitative estimate of drug-likeness (QED) is 0.764. The largest absolute Gasteiger partial charge is 0.386 e. The van der Waals surface area contributed by atoms with E-state index in [0.29, 0.717) is 16.2 Å². The number of aromatic nitrogens is 5. The van der Waals surface area contributed by atoms with E-state index in [-0.39, 0.29) is 6.04 Å². The van der Waals surface area contributed by atoms with Crippen LogP contribution in [0.4, 0.5) is 5.82 Å². The molecule has 1 saturated heterocycles. The molecular formula is C15H15ClN6O. The molecule has 0 aliphatic carbocycles. The van der Waals surface area contributed by atoms with Crippen LogP contribution in [-0.2, 0) is 0 Å². The molecule has 118 valence electrons. The molecular weight excluding hydrogens is 316 g/mol. The summed E-state index contributed by atoms with van der Waals surface area (Å²) in [4.78, 5) is 21.9. The van der Waals surface area contributed by atoms with Crippen molar-refractivity contribution in [3.8, 4) is 0 Å². The molecule has 1 aliphatic heterocycles. The van der Waals surface area contributed by atoms with Crippen LogP contribution in [0.15, 0.2) is 31.1 Å². The second kappa shape index (κ2) is 5.75. The number of aliphatic hydroxyl groups excluding tert-OH is 1. The van der Waals surface area contributed by atoms with Crippen LogP contribution in [0.1, 0.15) is 24.5 Å². The first kappa shape index (κ1) is 14.3. The Bertz CT molecular complexity index is 837. The molecule has 2 N–H and O–H groups in total. The normalized spacial score (nSPS) is 19.4. The van der Waals surface area contributed by atoms with Gasteiger partial charge in [0.15, 0.2) is 11.5 Å². The topological polar surface area (TPSA) is 90.8 Å². The van der Waals surface area contributed by atoms with Gasteiger partial charge in [-0.15, -0.1) is 0 Å². The molecule has 23 heavy (non-hydrogen) atoms. The monoisotopic (exact) mass is 330 g/mol. The first-order chi connectivity index (χ1) is 11.3. The van der Waals surface area contributed by atoms with Crippen LogP contribution in [0, 0.1) is 0 Å². The lowest BCUT2D eigenvalue weighted by atomic mass is 10.0. The second-order valence-electron chi connectivity index (χ2n) is 5.54. The number of imidazole rings is 1. The maximum atomic E-state index is 10.8. The molecule has 0 bridgehead atoms. The van der Waals surface area contributed by atoms with Gasteiger partial charge in [0.1, 0.15) is 17.9 Å². The van der Waals surface area contributed by atoms with Crippen molar-refractivity contribution in [2.24, 2.45) is 0 Å². The minimum Gasteiger partial charge on any atom is -0.386 e. The van der Waals surface area contributed by atoms with Crippen molar-refractivity contribution >= 4 is 28.6 Å². The number of nitrogens with zero attached hydrogens (tertiary/aromatic N) is 5. The molecule has 0 amide bonds. The summed E-state index contributed by atoms with van der Waals surface area (Å²) < 4.78 is 0. The minimum absolute atomic E-state index is 0.113. The van der Waals surface area contributed by atoms with Gasteiger partial charge in [-0.3, -0.25) is 4.98 Å². The van der Waals surface area contributed by atoms with Crippen LogP contribution in [0.2, 0.25) is 5.02 Å². The van der Waals surface area contributed by atoms with Crippen molar-refractivity contribution in [3.63, 3.8) is 0 Å². The van der Waals surface area contributed by atoms with Gasteiger partial charge in [-0.05, 0) is 18.9 Å². The summed E-state index contributed by atoms with van der Waals surface area (Å²) in [5.41, 5.74) is 2.04. The summed E-state index contributed by atoms with van der Waals surface area (Å²) in [6.07, 6.45) is 7.43. The lowest BCUT2D eigenvalue weighted by Gasteiger charge is -2.30. The number of fused-ring (bicyclic) bond motifs is 1. The number of hydrogen-bond donors (Lipinski definition) is 2. The number of hydrogen-bond acceptors (Lipinski definition) is 6. The van der Waals surface area contributed by atoms with Crippen molar-refractivity contribution < 1.29 is 5.11 Å². The van der Waals surface area contributed by atoms with Crippen LogP contribution in [0.5, 0.6) is 0 Å². The van der Waals surface area contributed by atoms with E-state index in [0.717, 1.165) is 30.7 Å². The van der Waals surface area contributed by atoms with Gasteiger partial charge in [0, 0.05) is 29.5 Å². The third kappa shape index (κ3) is 2.42. The summed E-state index contributed by atoms with van der Waals surface area (Å²) in [6.45, 7) is 0.810. The molecule has 7 nitrogen and oxygen atoms in total. The number of H-pyrrole nitrogens is 1. The third-order valence-electron chi connectivity index (χ3n) is 4.25. The average Bonchev–Trinajstić information content (AvgIpc) is 3.23. The Morgan fingerprint density at radius 1 is 1.35 bits per heavy atom. The van der Waals surface area contributed by atoms with E-state index in [1.165, 1.54) is 6.33 Å². The zero-order chi connectivity index (χ0) is 15.8. The fraction of sp³-hybridized carbons (Fsp3) is 0.333. The second-order valence-corrected chi connectivity index (χ2v) is 5.95. The van der Waals surface area contributed by atoms with Crippen LogP contribution < -0.4 is 4.90 Å². The van der Waals surface area contributed by atoms with Crippen LogP contribution in [0.3, 0.4) is 0 Å². The van der Waals surface area contributed by atoms with Gasteiger partial charge in [0.25, 0.3) is 0 Å². The highest BCUT2D eigenvalue weighted by molar-refractivity contribution is 6.31. The Balaban J connectivity index is 1.72. The fourth-order valence-electron chi connectivity index (χ4n) is 3.17. The third-order valence-corrected chi connectivity index (χ3v) is 4.60. The minimum atomic E-state index is -0.730. The van der Waals surface area contributed by atoms with Crippen LogP contribution in [-0.4, -0.2) is 42.6 Å². The van der Waals surface area contributed by atoms with Crippen molar-refractivity contribution in [3.05, 3.63) is 41.7 Å². The van der Waals surface area contributed by atoms with Gasteiger partial charge in [0.2, 0.25) is 0 Å². The van der Waals surface area contributed by atoms with E-state index in [1.54, 1.807) is 24.8 Å². The van der Waals surface area contributed by atoms with Gasteiger partial charge in [-0.1, -0.05) is 11.6 Å². The molecule has 3 aromatic rings. The smallest absolute Gasteiger partial charge is 0.182 e. The van der Waals surface area contributed by atoms with Crippen LogP contribution in [0.25, 0.3) is 11.2 Å². The van der Waals surface area contributed by atoms with E-state index in [4.69, 9.17) is 11.6 Å². The molecule has 0 spiro atoms. The predicted octanol–water partition coefficient (Wildman–Crippen LogP) is 2.10. The molecule has 0 aromatic carbocycles. The Morgan fingerprint density at radius 3 is 3.13 bits per heavy atom. The average molecular weight is 331 g/mol. The van der Waals surface area contributed by atoms with Gasteiger partial charge in [0.05, 0.1) is 12.4 Å². The maximum Gasteiger partial charge on any atom is 0.182 e. The predicted molar refractivity (Wildman–Crippen MR) is 86.3 cm³/mol. The maximum absolute atomic E-state index is 10.8. The number of halogens is 1. The highest BCUT2D eigenvalue weighted by Crippen LogP contribution is 2.36. The molecule has 4 rings (SSSR count). The van der Waals surface area contributed by atoms with E-state index in [9.17, 15) is 5.11 Å². The Morgan fingerprint density at radius 2 is 2.26 bits per heavy atom. The number of aliphatic hydroxyl groups is 1. The van der Waals surface area contributed by atoms with Crippen molar-refractivity contribution in [2.45, 2.75) is 25.0 Å². The van der Waals surface area contributed by atoms with Gasteiger partial charge < -0.3 is 15.0 Å². The van der Waals surface area contributed by atoms with Crippen molar-refractivity contribution in [1.82, 2.24) is 24.9 Å². The van der Waals surface area contributed by atoms with Crippen molar-refractivity contribution in [1.29, 1.82) is 0 Å². The SMILES string of the molecule is OC(c1cnccc1Cl)[C@H]1CCCN1c1ncnc2nc[nH]c12. The number of nitrogens with one attached hydrogen (secondary N) is 1. The number of anilines is 1. The van der Waals surface area contributed by atoms with E-state index in [1.807, 2.05) is 0 Å². The molecule has 0 saturated carbocycles. The lowest BCUT2D eigenvalue weighted by Crippen LogP contribution is -2.35. The lowest BCUT2D eigenvalue weighted by molar-refractivity contribution is 0.147. The molecule has 1 aliphatic rings. The molecule has 4 heterocycles. The van der Waals surface area contributed by atoms with E-state index < -0.39 is 6.10 Å². The van der Waals surface area contributed by atoms with E-state index >= 15 is 0 Å². The summed E-state index contributed by atoms with van der Waals surface area (Å²) in [7, 11) is 0. The molecule has 2 atom stereocenters. The Hall–Kier alpha value is -2.25. The van der Waals surface area contributed by atoms with E-state index in [2.05, 4.69) is 29.8 Å². The molecule has 3 aromatic heterocycles. The number of aromatic amines is 1. The summed E-state index contributed by atoms with van der Waals surface area (Å²) in [5.74, 6) is 0.758. The first-order valence-electron chi connectivity index (χ1n) is 7.44. The number of pyridine rings is 1. The first-order valence-corrected chi connectivity index (χ1v) is 7.81. The summed E-state index contributed by atoms with van der Waals surface area (Å²) >= 11 is 6.21. The standard InChI is InChI=1S/C15H15ClN6O/c16-10-3-4-17-6-9(10)13(23)11-2-1-5-22(11)15-12-14(19-7-18-12)20-8-21-15/h3-4,6-8,11,13,23H,1-2,5H2,(H,18,19,20,21)/t11-,13?/m1/s1. The van der Waals surface area contributed by atoms with Gasteiger partial charge >= 0.3 is 0 Å². The van der Waals surface area contributed by atoms with Crippen molar-refractivity contribution in [2.75, 3.05) is 11.4 Å². The fourth-order valence-corrected chi connectivity index (χ4v) is 3.39. The highest BCUT2D eigenvalue weighted by atomic mass is 35.5. The van der Waals surface area contributed by atoms with Gasteiger partial charge in [-0.25, -0.2) is 15.0 Å². The zero-order valence-corrected chi connectivity index (χ0v) is 13.0. The summed E-state index contributed by atoms with van der Waals surface area (Å²) in [6, 6.07) is 1.58. The zero-order valence-electron chi connectivity index (χ0n) is 12.2. The number of rotatable bonds is 3. The molecule has 1 fully saturated rings. The molecule has 0 radical (unpaired) electrons. The summed E-state index contributed by atoms with van der Waals surface area (Å²) in [5, 5.41) is 11.3. The Labute approximate surface area is 137 Å². The van der Waals surface area contributed by atoms with Crippen LogP contribution >= 0.6 is 11.6 Å². The highest BCUT2D eigenvalue weighted by Gasteiger charge is 2.34.